The summed E-state index contributed by atoms with van der Waals surface area (Å²) in [5.74, 6) is -5.84. The van der Waals surface area contributed by atoms with Crippen LogP contribution in [0.15, 0.2) is 94.9 Å². The zero-order valence-electron chi connectivity index (χ0n) is 32.8. The summed E-state index contributed by atoms with van der Waals surface area (Å²) in [6, 6.07) is 19.8. The highest BCUT2D eigenvalue weighted by atomic mass is 35.5. The van der Waals surface area contributed by atoms with E-state index in [2.05, 4.69) is 20.9 Å². The molecule has 0 radical (unpaired) electrons. The average Bonchev–Trinajstić information content (AvgIpc) is 3.64. The number of likely N-dealkylation sites (tertiary alicyclic amines) is 1. The van der Waals surface area contributed by atoms with Gasteiger partial charge < -0.3 is 30.7 Å². The predicted molar refractivity (Wildman–Crippen MR) is 224 cm³/mol. The normalized spacial score (nSPS) is 18.1. The van der Waals surface area contributed by atoms with Crippen molar-refractivity contribution in [3.05, 3.63) is 129 Å². The van der Waals surface area contributed by atoms with E-state index in [1.807, 2.05) is 7.05 Å². The van der Waals surface area contributed by atoms with Gasteiger partial charge >= 0.3 is 0 Å². The molecule has 0 saturated carbocycles. The van der Waals surface area contributed by atoms with Crippen LogP contribution in [-0.2, 0) is 19.2 Å². The van der Waals surface area contributed by atoms with E-state index in [-0.39, 0.29) is 42.0 Å². The van der Waals surface area contributed by atoms with Gasteiger partial charge in [-0.25, -0.2) is 17.6 Å². The first kappa shape index (κ1) is 43.4. The van der Waals surface area contributed by atoms with Crippen LogP contribution in [0.5, 0.6) is 0 Å². The van der Waals surface area contributed by atoms with E-state index in [4.69, 9.17) is 33.2 Å². The first-order valence-corrected chi connectivity index (χ1v) is 20.2. The van der Waals surface area contributed by atoms with Gasteiger partial charge in [0.05, 0.1) is 0 Å². The molecule has 318 valence electrons. The topological polar surface area (TPSA) is 139 Å². The van der Waals surface area contributed by atoms with E-state index in [1.54, 1.807) is 48.5 Å². The highest BCUT2D eigenvalue weighted by Gasteiger charge is 2.50. The molecule has 0 atom stereocenters. The summed E-state index contributed by atoms with van der Waals surface area (Å²) in [5.41, 5.74) is 0.445. The van der Waals surface area contributed by atoms with Gasteiger partial charge in [0, 0.05) is 83.5 Å². The van der Waals surface area contributed by atoms with Crippen LogP contribution in [0.3, 0.4) is 0 Å². The van der Waals surface area contributed by atoms with Crippen LogP contribution < -0.4 is 16.0 Å². The Morgan fingerprint density at radius 3 is 1.41 bits per heavy atom. The number of piperidine rings is 2. The first-order chi connectivity index (χ1) is 29.1. The van der Waals surface area contributed by atoms with Crippen LogP contribution in [0.4, 0.5) is 28.9 Å². The van der Waals surface area contributed by atoms with Crippen LogP contribution in [-0.4, -0.2) is 107 Å². The number of benzene rings is 4. The Morgan fingerprint density at radius 1 is 0.623 bits per heavy atom. The number of aliphatic imine (C=N–C) groups is 2. The van der Waals surface area contributed by atoms with Crippen LogP contribution >= 0.6 is 23.2 Å². The molecule has 3 N–H and O–H groups in total. The van der Waals surface area contributed by atoms with Crippen molar-refractivity contribution in [2.75, 3.05) is 56.9 Å². The molecule has 0 bridgehead atoms. The average molecular weight is 880 g/mol. The molecular weight excluding hydrogens is 839 g/mol. The fourth-order valence-electron chi connectivity index (χ4n) is 7.70. The number of nitrogens with one attached hydrogen (secondary N) is 3. The maximum atomic E-state index is 13.5. The minimum absolute atomic E-state index is 0.115. The van der Waals surface area contributed by atoms with Gasteiger partial charge in [0.1, 0.15) is 35.8 Å². The second kappa shape index (κ2) is 18.1. The van der Waals surface area contributed by atoms with Crippen LogP contribution in [0.25, 0.3) is 0 Å². The summed E-state index contributed by atoms with van der Waals surface area (Å²) in [4.78, 5) is 66.4. The molecule has 4 aromatic carbocycles. The third-order valence-corrected chi connectivity index (χ3v) is 11.5. The lowest BCUT2D eigenvalue weighted by atomic mass is 9.96. The Bertz CT molecular complexity index is 2400. The van der Waals surface area contributed by atoms with E-state index in [1.165, 1.54) is 21.9 Å². The molecule has 4 aromatic rings. The Labute approximate surface area is 358 Å². The molecule has 2 saturated heterocycles. The van der Waals surface area contributed by atoms with Crippen molar-refractivity contribution in [1.29, 1.82) is 0 Å². The number of hydrogen-bond donors (Lipinski definition) is 3. The van der Waals surface area contributed by atoms with E-state index < -0.39 is 46.4 Å². The van der Waals surface area contributed by atoms with Gasteiger partial charge in [-0.3, -0.25) is 29.2 Å². The number of carbonyl (C=O) groups is 4. The summed E-state index contributed by atoms with van der Waals surface area (Å²) >= 11 is 11.9. The monoisotopic (exact) mass is 878 g/mol. The second-order valence-corrected chi connectivity index (χ2v) is 16.0. The standard InChI is InChI=1S/C22H21ClF2N4O2.C21H19ClF2N4O2/c1-28-10-8-22(9-11-28)27-20(14-2-4-15(23)5-3-14)21(31)29(22)13-19(30)26-16-6-7-17(24)18(25)12-16;22-14-3-1-13(2-4-14)19-20(30)28(21(27-19)7-9-25-10-8-21)12-18(29)26-15-5-6-16(23)17(24)11-15/h2-7,12H,8-11,13H2,1H3,(H,26,30);1-6,11,25H,7-10,12H2,(H,26,29). The fraction of sp³-hybridized carbons (Fsp3) is 0.302. The third kappa shape index (κ3) is 9.62. The van der Waals surface area contributed by atoms with E-state index in [9.17, 15) is 36.7 Å². The van der Waals surface area contributed by atoms with E-state index in [0.717, 1.165) is 37.4 Å². The summed E-state index contributed by atoms with van der Waals surface area (Å²) in [7, 11) is 1.99. The summed E-state index contributed by atoms with van der Waals surface area (Å²) in [6.07, 6.45) is 2.30. The third-order valence-electron chi connectivity index (χ3n) is 11.0. The number of amides is 4. The summed E-state index contributed by atoms with van der Waals surface area (Å²) in [5, 5.41) is 9.38. The van der Waals surface area contributed by atoms with Gasteiger partial charge in [0.15, 0.2) is 23.3 Å². The quantitative estimate of drug-likeness (QED) is 0.178. The molecule has 12 nitrogen and oxygen atoms in total. The summed E-state index contributed by atoms with van der Waals surface area (Å²) < 4.78 is 53.1. The van der Waals surface area contributed by atoms with Crippen LogP contribution in [0.2, 0.25) is 10.0 Å². The molecule has 61 heavy (non-hydrogen) atoms. The maximum absolute atomic E-state index is 13.5. The smallest absolute Gasteiger partial charge is 0.275 e. The highest BCUT2D eigenvalue weighted by Crippen LogP contribution is 2.37. The van der Waals surface area contributed by atoms with Crippen molar-refractivity contribution < 1.29 is 36.7 Å². The molecule has 8 rings (SSSR count). The minimum atomic E-state index is -1.06. The van der Waals surface area contributed by atoms with Crippen molar-refractivity contribution in [2.45, 2.75) is 37.0 Å². The van der Waals surface area contributed by atoms with Crippen molar-refractivity contribution in [2.24, 2.45) is 9.98 Å². The van der Waals surface area contributed by atoms with Crippen LogP contribution in [0, 0.1) is 23.3 Å². The Morgan fingerprint density at radius 2 is 1.02 bits per heavy atom. The van der Waals surface area contributed by atoms with Gasteiger partial charge in [0.25, 0.3) is 11.8 Å². The molecule has 0 unspecified atom stereocenters. The van der Waals surface area contributed by atoms with Gasteiger partial charge in [-0.15, -0.1) is 0 Å². The number of carbonyl (C=O) groups excluding carboxylic acids is 4. The molecule has 4 aliphatic heterocycles. The highest BCUT2D eigenvalue weighted by molar-refractivity contribution is 6.47. The number of nitrogens with zero attached hydrogens (tertiary/aromatic N) is 5. The lowest BCUT2D eigenvalue weighted by Crippen LogP contribution is -2.55. The number of hydrogen-bond acceptors (Lipinski definition) is 8. The van der Waals surface area contributed by atoms with Gasteiger partial charge in [-0.05, 0) is 68.7 Å². The number of rotatable bonds is 8. The second-order valence-electron chi connectivity index (χ2n) is 15.1. The minimum Gasteiger partial charge on any atom is -0.324 e. The number of anilines is 2. The molecule has 4 aliphatic rings. The fourth-order valence-corrected chi connectivity index (χ4v) is 7.95. The Balaban J connectivity index is 0.000000184. The zero-order valence-corrected chi connectivity index (χ0v) is 34.3. The molecule has 18 heteroatoms. The molecular formula is C43H40Cl2F4N8O4. The maximum Gasteiger partial charge on any atom is 0.275 e. The Kier molecular flexibility index (Phi) is 12.9. The summed E-state index contributed by atoms with van der Waals surface area (Å²) in [6.45, 7) is 2.27. The molecule has 0 aromatic heterocycles. The van der Waals surface area contributed by atoms with Crippen molar-refractivity contribution >= 4 is 69.6 Å². The lowest BCUT2D eigenvalue weighted by molar-refractivity contribution is -0.134. The molecule has 4 amide bonds. The van der Waals surface area contributed by atoms with E-state index >= 15 is 0 Å². The van der Waals surface area contributed by atoms with Crippen molar-refractivity contribution in [3.63, 3.8) is 0 Å². The number of halogens is 6. The van der Waals surface area contributed by atoms with Crippen molar-refractivity contribution in [3.8, 4) is 0 Å². The SMILES string of the molecule is CN1CCC2(CC1)N=C(c1ccc(Cl)cc1)C(=O)N2CC(=O)Nc1ccc(F)c(F)c1.O=C(CN1C(=O)C(c2ccc(Cl)cc2)=NC12CCNCC2)Nc1ccc(F)c(F)c1. The molecule has 4 heterocycles. The Hall–Kier alpha value is -5.68. The van der Waals surface area contributed by atoms with Gasteiger partial charge in [-0.1, -0.05) is 47.5 Å². The molecule has 2 fully saturated rings. The van der Waals surface area contributed by atoms with Crippen LogP contribution in [0.1, 0.15) is 36.8 Å². The first-order valence-electron chi connectivity index (χ1n) is 19.4. The predicted octanol–water partition coefficient (Wildman–Crippen LogP) is 6.28. The molecule has 2 spiro atoms. The molecule has 0 aliphatic carbocycles. The van der Waals surface area contributed by atoms with Crippen molar-refractivity contribution in [1.82, 2.24) is 20.0 Å². The zero-order chi connectivity index (χ0) is 43.5. The van der Waals surface area contributed by atoms with E-state index in [0.29, 0.717) is 65.7 Å². The van der Waals surface area contributed by atoms with Gasteiger partial charge in [0.2, 0.25) is 11.8 Å². The lowest BCUT2D eigenvalue weighted by Gasteiger charge is -2.41. The largest absolute Gasteiger partial charge is 0.324 e. The van der Waals surface area contributed by atoms with Gasteiger partial charge in [-0.2, -0.15) is 0 Å².